The van der Waals surface area contributed by atoms with Crippen LogP contribution in [0.3, 0.4) is 0 Å². The molecule has 35 heavy (non-hydrogen) atoms. The molecule has 9 nitrogen and oxygen atoms in total. The topological polar surface area (TPSA) is 129 Å². The number of rotatable bonds is 5. The summed E-state index contributed by atoms with van der Waals surface area (Å²) in [7, 11) is -3.87. The number of nitrogen functional groups attached to an aromatic ring is 1. The zero-order valence-corrected chi connectivity index (χ0v) is 20.0. The summed E-state index contributed by atoms with van der Waals surface area (Å²) in [6, 6.07) is 15.4. The monoisotopic (exact) mass is 491 g/mol. The summed E-state index contributed by atoms with van der Waals surface area (Å²) in [5.74, 6) is 0.180. The third-order valence-electron chi connectivity index (χ3n) is 6.17. The molecule has 0 aliphatic carbocycles. The van der Waals surface area contributed by atoms with Crippen LogP contribution in [-0.4, -0.2) is 36.2 Å². The Morgan fingerprint density at radius 3 is 2.54 bits per heavy atom. The summed E-state index contributed by atoms with van der Waals surface area (Å²) in [6.07, 6.45) is 2.97. The highest BCUT2D eigenvalue weighted by atomic mass is 32.2. The van der Waals surface area contributed by atoms with Crippen LogP contribution in [0.15, 0.2) is 70.5 Å². The second-order valence-electron chi connectivity index (χ2n) is 8.50. The van der Waals surface area contributed by atoms with Crippen LogP contribution >= 0.6 is 0 Å². The van der Waals surface area contributed by atoms with Gasteiger partial charge in [0.25, 0.3) is 15.6 Å². The lowest BCUT2D eigenvalue weighted by Crippen LogP contribution is -2.31. The van der Waals surface area contributed by atoms with Crippen LogP contribution in [0.4, 0.5) is 11.6 Å². The van der Waals surface area contributed by atoms with E-state index in [9.17, 15) is 13.2 Å². The lowest BCUT2D eigenvalue weighted by Gasteiger charge is -2.25. The smallest absolute Gasteiger partial charge is 0.263 e. The Hall–Kier alpha value is -3.76. The maximum absolute atomic E-state index is 13.4. The normalized spacial score (nSPS) is 14.8. The molecule has 1 fully saturated rings. The van der Waals surface area contributed by atoms with E-state index in [0.717, 1.165) is 0 Å². The van der Waals surface area contributed by atoms with Crippen molar-refractivity contribution in [1.82, 2.24) is 14.5 Å². The minimum atomic E-state index is -3.87. The van der Waals surface area contributed by atoms with E-state index in [1.54, 1.807) is 66.2 Å². The largest absolute Gasteiger partial charge is 0.381 e. The Balaban J connectivity index is 1.57. The van der Waals surface area contributed by atoms with Crippen molar-refractivity contribution in [3.05, 3.63) is 76.8 Å². The molecule has 2 aromatic heterocycles. The van der Waals surface area contributed by atoms with Crippen LogP contribution in [0.2, 0.25) is 0 Å². The first-order valence-corrected chi connectivity index (χ1v) is 12.8. The van der Waals surface area contributed by atoms with E-state index in [-0.39, 0.29) is 22.4 Å². The average molecular weight is 492 g/mol. The highest BCUT2D eigenvalue weighted by molar-refractivity contribution is 7.92. The summed E-state index contributed by atoms with van der Waals surface area (Å²) in [4.78, 5) is 22.2. The number of hydrogen-bond donors (Lipinski definition) is 2. The Labute approximate surface area is 202 Å². The number of pyridine rings is 1. The molecule has 0 atom stereocenters. The molecule has 1 saturated heterocycles. The number of hydrogen-bond acceptors (Lipinski definition) is 7. The van der Waals surface area contributed by atoms with Gasteiger partial charge in [-0.1, -0.05) is 24.3 Å². The lowest BCUT2D eigenvalue weighted by atomic mass is 10.0. The van der Waals surface area contributed by atoms with Crippen molar-refractivity contribution in [2.24, 2.45) is 0 Å². The third-order valence-corrected chi connectivity index (χ3v) is 7.67. The molecular weight excluding hydrogens is 466 g/mol. The summed E-state index contributed by atoms with van der Waals surface area (Å²) in [5.41, 5.74) is 8.46. The molecule has 3 N–H and O–H groups in total. The third kappa shape index (κ3) is 4.50. The van der Waals surface area contributed by atoms with Crippen LogP contribution in [0, 0.1) is 6.92 Å². The van der Waals surface area contributed by atoms with Crippen LogP contribution in [0.5, 0.6) is 0 Å². The van der Waals surface area contributed by atoms with Gasteiger partial charge in [-0.25, -0.2) is 13.4 Å². The molecule has 3 heterocycles. The Bertz CT molecular complexity index is 1560. The zero-order chi connectivity index (χ0) is 24.6. The number of aromatic nitrogens is 3. The second-order valence-corrected chi connectivity index (χ2v) is 10.2. The zero-order valence-electron chi connectivity index (χ0n) is 19.1. The van der Waals surface area contributed by atoms with E-state index in [4.69, 9.17) is 10.5 Å². The van der Waals surface area contributed by atoms with Gasteiger partial charge in [0.2, 0.25) is 5.95 Å². The maximum Gasteiger partial charge on any atom is 0.263 e. The van der Waals surface area contributed by atoms with Gasteiger partial charge >= 0.3 is 0 Å². The van der Waals surface area contributed by atoms with E-state index in [1.165, 1.54) is 0 Å². The van der Waals surface area contributed by atoms with Crippen molar-refractivity contribution in [3.63, 3.8) is 0 Å². The number of anilines is 2. The van der Waals surface area contributed by atoms with E-state index >= 15 is 0 Å². The van der Waals surface area contributed by atoms with Gasteiger partial charge in [0.05, 0.1) is 16.6 Å². The number of fused-ring (bicyclic) bond motifs is 1. The molecule has 0 amide bonds. The Kier molecular flexibility index (Phi) is 6.00. The molecule has 0 spiro atoms. The van der Waals surface area contributed by atoms with Crippen LogP contribution in [-0.2, 0) is 14.8 Å². The highest BCUT2D eigenvalue weighted by Gasteiger charge is 2.22. The highest BCUT2D eigenvalue weighted by Crippen LogP contribution is 2.28. The number of benzene rings is 2. The first-order valence-electron chi connectivity index (χ1n) is 11.3. The first kappa shape index (κ1) is 23.0. The number of para-hydroxylation sites is 1. The van der Waals surface area contributed by atoms with Gasteiger partial charge in [-0.2, -0.15) is 0 Å². The van der Waals surface area contributed by atoms with Crippen molar-refractivity contribution >= 4 is 32.6 Å². The van der Waals surface area contributed by atoms with E-state index in [1.807, 2.05) is 6.07 Å². The van der Waals surface area contributed by atoms with Gasteiger partial charge in [-0.3, -0.25) is 19.1 Å². The molecule has 10 heteroatoms. The predicted octanol–water partition coefficient (Wildman–Crippen LogP) is 3.50. The van der Waals surface area contributed by atoms with Crippen LogP contribution in [0.25, 0.3) is 22.0 Å². The number of sulfonamides is 1. The van der Waals surface area contributed by atoms with Gasteiger partial charge in [0, 0.05) is 36.7 Å². The average Bonchev–Trinajstić information content (AvgIpc) is 2.85. The number of aryl methyl sites for hydroxylation is 1. The summed E-state index contributed by atoms with van der Waals surface area (Å²) >= 11 is 0. The van der Waals surface area contributed by atoms with Crippen molar-refractivity contribution in [2.45, 2.75) is 30.7 Å². The van der Waals surface area contributed by atoms with Crippen molar-refractivity contribution < 1.29 is 13.2 Å². The van der Waals surface area contributed by atoms with Gasteiger partial charge in [0.15, 0.2) is 0 Å². The summed E-state index contributed by atoms with van der Waals surface area (Å²) < 4.78 is 35.7. The molecule has 0 bridgehead atoms. The minimum Gasteiger partial charge on any atom is -0.381 e. The van der Waals surface area contributed by atoms with Crippen molar-refractivity contribution in [2.75, 3.05) is 23.7 Å². The lowest BCUT2D eigenvalue weighted by molar-refractivity contribution is 0.0692. The van der Waals surface area contributed by atoms with Crippen LogP contribution in [0.1, 0.15) is 24.6 Å². The summed E-state index contributed by atoms with van der Waals surface area (Å²) in [6.45, 7) is 2.78. The number of nitrogens with one attached hydrogen (secondary N) is 1. The molecule has 1 aliphatic heterocycles. The van der Waals surface area contributed by atoms with Crippen molar-refractivity contribution in [1.29, 1.82) is 0 Å². The fraction of sp³-hybridized carbons (Fsp3) is 0.240. The van der Waals surface area contributed by atoms with E-state index < -0.39 is 10.0 Å². The van der Waals surface area contributed by atoms with Gasteiger partial charge in [-0.15, -0.1) is 0 Å². The number of nitrogens with two attached hydrogens (primary N) is 1. The fourth-order valence-electron chi connectivity index (χ4n) is 4.35. The maximum atomic E-state index is 13.4. The Morgan fingerprint density at radius 1 is 1.06 bits per heavy atom. The van der Waals surface area contributed by atoms with Crippen LogP contribution < -0.4 is 16.0 Å². The first-order chi connectivity index (χ1) is 16.8. The molecule has 4 aromatic rings. The fourth-order valence-corrected chi connectivity index (χ4v) is 5.63. The quantitative estimate of drug-likeness (QED) is 0.437. The molecule has 2 aromatic carbocycles. The second kappa shape index (κ2) is 9.12. The van der Waals surface area contributed by atoms with Gasteiger partial charge in [-0.05, 0) is 55.7 Å². The SMILES string of the molecule is Cc1ncc(-c2ccc3nc(N)n(C4CCOCC4)c(=O)c3c2)cc1S(=O)(=O)Nc1ccccc1. The minimum absolute atomic E-state index is 0.0639. The van der Waals surface area contributed by atoms with E-state index in [2.05, 4.69) is 14.7 Å². The number of ether oxygens (including phenoxy) is 1. The molecule has 5 rings (SSSR count). The molecule has 0 radical (unpaired) electrons. The van der Waals surface area contributed by atoms with Gasteiger partial charge < -0.3 is 10.5 Å². The standard InChI is InChI=1S/C25H25N5O4S/c1-16-23(35(32,33)29-19-5-3-2-4-6-19)14-18(15-27-16)17-7-8-22-21(13-17)24(31)30(25(26)28-22)20-9-11-34-12-10-20/h2-8,13-15,20,29H,9-12H2,1H3,(H2,26,28). The Morgan fingerprint density at radius 2 is 1.80 bits per heavy atom. The van der Waals surface area contributed by atoms with Crippen molar-refractivity contribution in [3.8, 4) is 11.1 Å². The molecule has 180 valence electrons. The summed E-state index contributed by atoms with van der Waals surface area (Å²) in [5, 5.41) is 0.413. The van der Waals surface area contributed by atoms with Gasteiger partial charge in [0.1, 0.15) is 4.90 Å². The molecule has 0 unspecified atom stereocenters. The molecule has 1 aliphatic rings. The predicted molar refractivity (Wildman–Crippen MR) is 135 cm³/mol. The molecule has 0 saturated carbocycles. The van der Waals surface area contributed by atoms with E-state index in [0.29, 0.717) is 59.5 Å². The molecular formula is C25H25N5O4S. The number of nitrogens with zero attached hydrogens (tertiary/aromatic N) is 3.